The molecule has 1 N–H and O–H groups in total. The fraction of sp³-hybridized carbons (Fsp3) is 0.562. The topological polar surface area (TPSA) is 32.3 Å². The number of amides is 1. The van der Waals surface area contributed by atoms with Gasteiger partial charge in [0.25, 0.3) is 0 Å². The van der Waals surface area contributed by atoms with Gasteiger partial charge in [0, 0.05) is 13.1 Å². The number of benzene rings is 1. The van der Waals surface area contributed by atoms with Crippen LogP contribution in [0.5, 0.6) is 0 Å². The Balaban J connectivity index is 1.65. The van der Waals surface area contributed by atoms with Crippen LogP contribution >= 0.6 is 0 Å². The number of carbonyl (C=O) groups is 1. The van der Waals surface area contributed by atoms with E-state index in [4.69, 9.17) is 0 Å². The molecule has 3 nitrogen and oxygen atoms in total. The molecule has 0 spiro atoms. The third kappa shape index (κ3) is 2.39. The first-order chi connectivity index (χ1) is 9.29. The van der Waals surface area contributed by atoms with E-state index in [0.29, 0.717) is 11.8 Å². The van der Waals surface area contributed by atoms with E-state index in [2.05, 4.69) is 28.4 Å². The quantitative estimate of drug-likeness (QED) is 0.896. The molecular weight excluding hydrogens is 236 g/mol. The summed E-state index contributed by atoms with van der Waals surface area (Å²) in [6, 6.07) is 8.34. The number of nitrogens with one attached hydrogen (secondary N) is 1. The molecule has 2 unspecified atom stereocenters. The van der Waals surface area contributed by atoms with Crippen LogP contribution in [0.15, 0.2) is 24.3 Å². The highest BCUT2D eigenvalue weighted by atomic mass is 16.2. The van der Waals surface area contributed by atoms with E-state index < -0.39 is 0 Å². The molecule has 1 heterocycles. The van der Waals surface area contributed by atoms with Crippen LogP contribution in [0.4, 0.5) is 0 Å². The zero-order valence-electron chi connectivity index (χ0n) is 11.6. The third-order valence-corrected chi connectivity index (χ3v) is 4.48. The van der Waals surface area contributed by atoms with Gasteiger partial charge in [0.05, 0.1) is 5.92 Å². The predicted molar refractivity (Wildman–Crippen MR) is 76.1 cm³/mol. The Bertz CT molecular complexity index is 470. The molecule has 1 aliphatic carbocycles. The lowest BCUT2D eigenvalue weighted by molar-refractivity contribution is -0.135. The molecule has 1 fully saturated rings. The van der Waals surface area contributed by atoms with Crippen molar-refractivity contribution >= 4 is 5.91 Å². The number of nitrogens with zero attached hydrogens (tertiary/aromatic N) is 1. The van der Waals surface area contributed by atoms with Crippen LogP contribution in [0.1, 0.15) is 29.9 Å². The maximum absolute atomic E-state index is 12.6. The highest BCUT2D eigenvalue weighted by Crippen LogP contribution is 2.36. The Morgan fingerprint density at radius 2 is 2.26 bits per heavy atom. The normalized spacial score (nSPS) is 25.6. The Kier molecular flexibility index (Phi) is 3.56. The highest BCUT2D eigenvalue weighted by molar-refractivity contribution is 5.87. The summed E-state index contributed by atoms with van der Waals surface area (Å²) in [5.41, 5.74) is 2.60. The van der Waals surface area contributed by atoms with Crippen LogP contribution in [0.2, 0.25) is 0 Å². The molecule has 0 saturated carbocycles. The molecule has 0 bridgehead atoms. The molecule has 2 atom stereocenters. The number of hydrogen-bond donors (Lipinski definition) is 1. The second-order valence-corrected chi connectivity index (χ2v) is 5.81. The maximum atomic E-state index is 12.6. The Labute approximate surface area is 115 Å². The maximum Gasteiger partial charge on any atom is 0.230 e. The molecule has 2 aliphatic rings. The second kappa shape index (κ2) is 5.33. The molecule has 1 saturated heterocycles. The number of rotatable bonds is 3. The Morgan fingerprint density at radius 1 is 1.42 bits per heavy atom. The molecular formula is C16H22N2O. The summed E-state index contributed by atoms with van der Waals surface area (Å²) >= 11 is 0. The molecule has 3 rings (SSSR count). The van der Waals surface area contributed by atoms with Gasteiger partial charge in [-0.1, -0.05) is 24.3 Å². The molecule has 19 heavy (non-hydrogen) atoms. The minimum absolute atomic E-state index is 0.129. The number of piperidine rings is 1. The molecule has 0 radical (unpaired) electrons. The van der Waals surface area contributed by atoms with Crippen LogP contribution in [0.25, 0.3) is 0 Å². The highest BCUT2D eigenvalue weighted by Gasteiger charge is 2.36. The second-order valence-electron chi connectivity index (χ2n) is 5.81. The molecule has 1 aromatic rings. The lowest BCUT2D eigenvalue weighted by Gasteiger charge is -2.38. The van der Waals surface area contributed by atoms with Gasteiger partial charge in [-0.15, -0.1) is 0 Å². The zero-order chi connectivity index (χ0) is 13.2. The largest absolute Gasteiger partial charge is 0.342 e. The fourth-order valence-corrected chi connectivity index (χ4v) is 3.42. The molecule has 1 aromatic carbocycles. The summed E-state index contributed by atoms with van der Waals surface area (Å²) in [4.78, 5) is 14.7. The summed E-state index contributed by atoms with van der Waals surface area (Å²) < 4.78 is 0. The van der Waals surface area contributed by atoms with Crippen molar-refractivity contribution in [2.45, 2.75) is 25.2 Å². The Morgan fingerprint density at radius 3 is 3.05 bits per heavy atom. The van der Waals surface area contributed by atoms with Crippen molar-refractivity contribution in [3.05, 3.63) is 35.4 Å². The third-order valence-electron chi connectivity index (χ3n) is 4.48. The molecule has 102 valence electrons. The number of hydrogen-bond acceptors (Lipinski definition) is 2. The van der Waals surface area contributed by atoms with Gasteiger partial charge >= 0.3 is 0 Å². The van der Waals surface area contributed by atoms with Crippen LogP contribution in [0.3, 0.4) is 0 Å². The molecule has 1 amide bonds. The van der Waals surface area contributed by atoms with Gasteiger partial charge in [-0.25, -0.2) is 0 Å². The van der Waals surface area contributed by atoms with E-state index in [1.165, 1.54) is 17.5 Å². The molecule has 3 heteroatoms. The lowest BCUT2D eigenvalue weighted by Crippen LogP contribution is -2.46. The summed E-state index contributed by atoms with van der Waals surface area (Å²) in [6.45, 7) is 2.89. The summed E-state index contributed by atoms with van der Waals surface area (Å²) in [5.74, 6) is 1.10. The summed E-state index contributed by atoms with van der Waals surface area (Å²) in [5, 5.41) is 3.23. The summed E-state index contributed by atoms with van der Waals surface area (Å²) in [6.07, 6.45) is 3.32. The first-order valence-electron chi connectivity index (χ1n) is 7.30. The van der Waals surface area contributed by atoms with E-state index >= 15 is 0 Å². The number of fused-ring (bicyclic) bond motifs is 1. The van der Waals surface area contributed by atoms with E-state index in [1.807, 2.05) is 13.1 Å². The van der Waals surface area contributed by atoms with E-state index in [-0.39, 0.29) is 5.92 Å². The van der Waals surface area contributed by atoms with Crippen LogP contribution in [-0.2, 0) is 11.2 Å². The lowest BCUT2D eigenvalue weighted by atomic mass is 9.76. The first kappa shape index (κ1) is 12.7. The van der Waals surface area contributed by atoms with Crippen LogP contribution < -0.4 is 5.32 Å². The van der Waals surface area contributed by atoms with Crippen LogP contribution in [-0.4, -0.2) is 37.5 Å². The molecule has 1 aliphatic heterocycles. The fourth-order valence-electron chi connectivity index (χ4n) is 3.42. The first-order valence-corrected chi connectivity index (χ1v) is 7.30. The van der Waals surface area contributed by atoms with Crippen molar-refractivity contribution in [3.8, 4) is 0 Å². The van der Waals surface area contributed by atoms with E-state index in [1.54, 1.807) is 0 Å². The van der Waals surface area contributed by atoms with Crippen LogP contribution in [0, 0.1) is 5.92 Å². The van der Waals surface area contributed by atoms with Crippen molar-refractivity contribution in [2.24, 2.45) is 5.92 Å². The van der Waals surface area contributed by atoms with Gasteiger partial charge in [-0.2, -0.15) is 0 Å². The smallest absolute Gasteiger partial charge is 0.230 e. The van der Waals surface area contributed by atoms with Gasteiger partial charge in [-0.3, -0.25) is 4.79 Å². The van der Waals surface area contributed by atoms with E-state index in [9.17, 15) is 4.79 Å². The Hall–Kier alpha value is -1.35. The number of carbonyl (C=O) groups excluding carboxylic acids is 1. The predicted octanol–water partition coefficient (Wildman–Crippen LogP) is 1.78. The average molecular weight is 258 g/mol. The zero-order valence-corrected chi connectivity index (χ0v) is 11.6. The van der Waals surface area contributed by atoms with Gasteiger partial charge in [0.15, 0.2) is 0 Å². The van der Waals surface area contributed by atoms with Crippen molar-refractivity contribution in [1.29, 1.82) is 0 Å². The summed E-state index contributed by atoms with van der Waals surface area (Å²) in [7, 11) is 1.99. The number of likely N-dealkylation sites (tertiary alicyclic amines) is 1. The monoisotopic (exact) mass is 258 g/mol. The SMILES string of the molecule is CNCC1CCCN(C(=O)C2Cc3ccccc32)C1. The van der Waals surface area contributed by atoms with E-state index in [0.717, 1.165) is 32.5 Å². The van der Waals surface area contributed by atoms with Gasteiger partial charge in [-0.05, 0) is 49.9 Å². The van der Waals surface area contributed by atoms with Gasteiger partial charge in [0.1, 0.15) is 0 Å². The van der Waals surface area contributed by atoms with Gasteiger partial charge in [0.2, 0.25) is 5.91 Å². The minimum Gasteiger partial charge on any atom is -0.342 e. The van der Waals surface area contributed by atoms with Gasteiger partial charge < -0.3 is 10.2 Å². The van der Waals surface area contributed by atoms with Crippen molar-refractivity contribution in [1.82, 2.24) is 10.2 Å². The minimum atomic E-state index is 0.129. The van der Waals surface area contributed by atoms with Crippen molar-refractivity contribution < 1.29 is 4.79 Å². The standard InChI is InChI=1S/C16H22N2O/c1-17-10-12-5-4-8-18(11-12)16(19)15-9-13-6-2-3-7-14(13)15/h2-3,6-7,12,15,17H,4-5,8-11H2,1H3. The van der Waals surface area contributed by atoms with Crippen molar-refractivity contribution in [3.63, 3.8) is 0 Å². The average Bonchev–Trinajstić information content (AvgIpc) is 2.41. The van der Waals surface area contributed by atoms with Crippen molar-refractivity contribution in [2.75, 3.05) is 26.7 Å². The molecule has 0 aromatic heterocycles.